The number of ether oxygens (including phenoxy) is 1. The summed E-state index contributed by atoms with van der Waals surface area (Å²) >= 11 is 0. The molecule has 2 aliphatic rings. The molecule has 1 aromatic carbocycles. The Labute approximate surface area is 153 Å². The summed E-state index contributed by atoms with van der Waals surface area (Å²) in [6, 6.07) is 11.8. The van der Waals surface area contributed by atoms with Crippen LogP contribution in [0.15, 0.2) is 36.5 Å². The molecule has 0 saturated carbocycles. The average Bonchev–Trinajstić information content (AvgIpc) is 3.31. The van der Waals surface area contributed by atoms with Gasteiger partial charge in [0.2, 0.25) is 5.91 Å². The van der Waals surface area contributed by atoms with Gasteiger partial charge in [0.15, 0.2) is 0 Å². The maximum atomic E-state index is 12.5. The molecule has 4 rings (SSSR count). The Morgan fingerprint density at radius 1 is 1.27 bits per heavy atom. The molecular weight excluding hydrogens is 328 g/mol. The number of pyridine rings is 1. The topological polar surface area (TPSA) is 69.5 Å². The zero-order chi connectivity index (χ0) is 17.9. The van der Waals surface area contributed by atoms with Crippen LogP contribution in [0, 0.1) is 11.3 Å². The van der Waals surface area contributed by atoms with E-state index in [-0.39, 0.29) is 18.1 Å². The highest BCUT2D eigenvalue weighted by Crippen LogP contribution is 2.26. The molecule has 3 heterocycles. The highest BCUT2D eigenvalue weighted by molar-refractivity contribution is 5.84. The molecule has 0 aliphatic carbocycles. The smallest absolute Gasteiger partial charge is 0.237 e. The number of hydrogen-bond donors (Lipinski definition) is 0. The zero-order valence-corrected chi connectivity index (χ0v) is 14.7. The van der Waals surface area contributed by atoms with Crippen LogP contribution in [-0.4, -0.2) is 59.0 Å². The van der Waals surface area contributed by atoms with Crippen LogP contribution in [0.1, 0.15) is 19.3 Å². The van der Waals surface area contributed by atoms with Gasteiger partial charge in [-0.3, -0.25) is 14.7 Å². The van der Waals surface area contributed by atoms with Crippen LogP contribution >= 0.6 is 0 Å². The molecule has 0 unspecified atom stereocenters. The molecule has 2 saturated heterocycles. The van der Waals surface area contributed by atoms with Crippen molar-refractivity contribution in [3.63, 3.8) is 0 Å². The fourth-order valence-corrected chi connectivity index (χ4v) is 3.87. The molecule has 0 spiro atoms. The van der Waals surface area contributed by atoms with Gasteiger partial charge in [-0.25, -0.2) is 0 Å². The predicted molar refractivity (Wildman–Crippen MR) is 97.6 cm³/mol. The molecule has 2 fully saturated rings. The summed E-state index contributed by atoms with van der Waals surface area (Å²) in [6.45, 7) is 2.64. The molecule has 2 aliphatic heterocycles. The minimum Gasteiger partial charge on any atom is -0.488 e. The van der Waals surface area contributed by atoms with Crippen LogP contribution in [0.2, 0.25) is 0 Å². The number of aromatic nitrogens is 1. The number of benzene rings is 1. The second kappa shape index (κ2) is 7.30. The van der Waals surface area contributed by atoms with Crippen LogP contribution in [0.5, 0.6) is 5.75 Å². The Balaban J connectivity index is 1.37. The van der Waals surface area contributed by atoms with Gasteiger partial charge in [0, 0.05) is 31.2 Å². The van der Waals surface area contributed by atoms with E-state index in [2.05, 4.69) is 16.0 Å². The Bertz CT molecular complexity index is 842. The van der Waals surface area contributed by atoms with E-state index in [0.717, 1.165) is 49.0 Å². The lowest BCUT2D eigenvalue weighted by Crippen LogP contribution is -2.42. The summed E-state index contributed by atoms with van der Waals surface area (Å²) < 4.78 is 6.21. The van der Waals surface area contributed by atoms with Crippen molar-refractivity contribution in [1.29, 1.82) is 5.26 Å². The maximum absolute atomic E-state index is 12.5. The Morgan fingerprint density at radius 3 is 3.04 bits per heavy atom. The summed E-state index contributed by atoms with van der Waals surface area (Å²) in [7, 11) is 0. The number of nitrogens with zero attached hydrogens (tertiary/aromatic N) is 4. The van der Waals surface area contributed by atoms with Crippen LogP contribution in [0.3, 0.4) is 0 Å². The van der Waals surface area contributed by atoms with Gasteiger partial charge < -0.3 is 9.64 Å². The fraction of sp³-hybridized carbons (Fsp3) is 0.450. The summed E-state index contributed by atoms with van der Waals surface area (Å²) in [6.07, 6.45) is 4.45. The second-order valence-electron chi connectivity index (χ2n) is 6.96. The van der Waals surface area contributed by atoms with E-state index in [0.29, 0.717) is 13.1 Å². The predicted octanol–water partition coefficient (Wildman–Crippen LogP) is 2.20. The summed E-state index contributed by atoms with van der Waals surface area (Å²) in [4.78, 5) is 20.7. The molecule has 2 atom stereocenters. The number of amides is 1. The lowest BCUT2D eigenvalue weighted by Gasteiger charge is -2.23. The number of nitriles is 1. The van der Waals surface area contributed by atoms with Crippen LogP contribution in [0.25, 0.3) is 10.9 Å². The first-order chi connectivity index (χ1) is 12.7. The highest BCUT2D eigenvalue weighted by atomic mass is 16.5. The standard InChI is InChI=1S/C20H22N4O2/c21-12-15-4-3-10-24(15)20(25)14-23-11-8-16(13-23)26-19-7-9-22-18-6-2-1-5-17(18)19/h1-2,5-7,9,15-16H,3-4,8,10-11,13-14H2/t15-,16-/m0/s1. The van der Waals surface area contributed by atoms with Gasteiger partial charge in [0.05, 0.1) is 18.1 Å². The number of hydrogen-bond acceptors (Lipinski definition) is 5. The molecule has 26 heavy (non-hydrogen) atoms. The molecule has 2 aromatic rings. The van der Waals surface area contributed by atoms with Crippen molar-refractivity contribution in [2.75, 3.05) is 26.2 Å². The van der Waals surface area contributed by atoms with E-state index >= 15 is 0 Å². The van der Waals surface area contributed by atoms with E-state index in [1.807, 2.05) is 30.3 Å². The van der Waals surface area contributed by atoms with Crippen LogP contribution < -0.4 is 4.74 Å². The Kier molecular flexibility index (Phi) is 4.72. The van der Waals surface area contributed by atoms with Gasteiger partial charge in [-0.1, -0.05) is 12.1 Å². The highest BCUT2D eigenvalue weighted by Gasteiger charge is 2.32. The third-order valence-corrected chi connectivity index (χ3v) is 5.21. The van der Waals surface area contributed by atoms with Crippen molar-refractivity contribution in [2.24, 2.45) is 0 Å². The van der Waals surface area contributed by atoms with Gasteiger partial charge in [0.1, 0.15) is 17.9 Å². The number of rotatable bonds is 4. The molecule has 0 radical (unpaired) electrons. The van der Waals surface area contributed by atoms with Crippen molar-refractivity contribution in [2.45, 2.75) is 31.4 Å². The average molecular weight is 350 g/mol. The zero-order valence-electron chi connectivity index (χ0n) is 14.7. The number of fused-ring (bicyclic) bond motifs is 1. The van der Waals surface area contributed by atoms with E-state index in [9.17, 15) is 4.79 Å². The first-order valence-corrected chi connectivity index (χ1v) is 9.16. The van der Waals surface area contributed by atoms with E-state index in [4.69, 9.17) is 10.00 Å². The minimum atomic E-state index is -0.250. The summed E-state index contributed by atoms with van der Waals surface area (Å²) in [5.74, 6) is 0.905. The number of carbonyl (C=O) groups is 1. The Hall–Kier alpha value is -2.65. The summed E-state index contributed by atoms with van der Waals surface area (Å²) in [5.41, 5.74) is 0.923. The van der Waals surface area contributed by atoms with Crippen molar-refractivity contribution in [3.8, 4) is 11.8 Å². The minimum absolute atomic E-state index is 0.0593. The van der Waals surface area contributed by atoms with E-state index < -0.39 is 0 Å². The molecule has 6 heteroatoms. The van der Waals surface area contributed by atoms with E-state index in [1.165, 1.54) is 0 Å². The number of likely N-dealkylation sites (tertiary alicyclic amines) is 2. The van der Waals surface area contributed by atoms with Gasteiger partial charge in [-0.15, -0.1) is 0 Å². The number of carbonyl (C=O) groups excluding carboxylic acids is 1. The first-order valence-electron chi connectivity index (χ1n) is 9.16. The third kappa shape index (κ3) is 3.35. The van der Waals surface area contributed by atoms with E-state index in [1.54, 1.807) is 11.1 Å². The van der Waals surface area contributed by atoms with Gasteiger partial charge in [0.25, 0.3) is 0 Å². The molecule has 6 nitrogen and oxygen atoms in total. The van der Waals surface area contributed by atoms with Crippen molar-refractivity contribution < 1.29 is 9.53 Å². The quantitative estimate of drug-likeness (QED) is 0.845. The molecule has 1 amide bonds. The second-order valence-corrected chi connectivity index (χ2v) is 6.96. The largest absolute Gasteiger partial charge is 0.488 e. The Morgan fingerprint density at radius 2 is 2.15 bits per heavy atom. The van der Waals surface area contributed by atoms with Crippen molar-refractivity contribution >= 4 is 16.8 Å². The fourth-order valence-electron chi connectivity index (χ4n) is 3.87. The third-order valence-electron chi connectivity index (χ3n) is 5.21. The monoisotopic (exact) mass is 350 g/mol. The lowest BCUT2D eigenvalue weighted by molar-refractivity contribution is -0.132. The van der Waals surface area contributed by atoms with Crippen molar-refractivity contribution in [3.05, 3.63) is 36.5 Å². The molecule has 0 bridgehead atoms. The number of para-hydroxylation sites is 1. The van der Waals surface area contributed by atoms with Crippen molar-refractivity contribution in [1.82, 2.24) is 14.8 Å². The van der Waals surface area contributed by atoms with Gasteiger partial charge in [-0.05, 0) is 37.5 Å². The van der Waals surface area contributed by atoms with Gasteiger partial charge >= 0.3 is 0 Å². The van der Waals surface area contributed by atoms with Gasteiger partial charge in [-0.2, -0.15) is 5.26 Å². The molecule has 134 valence electrons. The lowest BCUT2D eigenvalue weighted by atomic mass is 10.2. The summed E-state index contributed by atoms with van der Waals surface area (Å²) in [5, 5.41) is 10.2. The SMILES string of the molecule is N#C[C@@H]1CCCN1C(=O)CN1CC[C@H](Oc2ccnc3ccccc23)C1. The first kappa shape index (κ1) is 16.8. The molecular formula is C20H22N4O2. The molecule has 1 aromatic heterocycles. The maximum Gasteiger partial charge on any atom is 0.237 e. The molecule has 0 N–H and O–H groups in total. The normalized spacial score (nSPS) is 23.3. The van der Waals surface area contributed by atoms with Crippen LogP contribution in [-0.2, 0) is 4.79 Å². The van der Waals surface area contributed by atoms with Crippen LogP contribution in [0.4, 0.5) is 0 Å².